The summed E-state index contributed by atoms with van der Waals surface area (Å²) < 4.78 is 65.9. The lowest BCUT2D eigenvalue weighted by Crippen LogP contribution is -2.45. The maximum absolute atomic E-state index is 17.3. The van der Waals surface area contributed by atoms with E-state index in [0.29, 0.717) is 40.9 Å². The molecule has 3 aromatic carbocycles. The predicted molar refractivity (Wildman–Crippen MR) is 184 cm³/mol. The van der Waals surface area contributed by atoms with E-state index in [-0.39, 0.29) is 77.5 Å². The number of aromatic hydroxyl groups is 1. The van der Waals surface area contributed by atoms with Gasteiger partial charge in [-0.3, -0.25) is 4.90 Å². The molecular weight excluding hydrogens is 661 g/mol. The fourth-order valence-electron chi connectivity index (χ4n) is 8.40. The smallest absolute Gasteiger partial charge is 0.319 e. The predicted octanol–water partition coefficient (Wildman–Crippen LogP) is 5.51. The van der Waals surface area contributed by atoms with Crippen molar-refractivity contribution in [2.75, 3.05) is 43.5 Å². The molecule has 0 aliphatic carbocycles. The summed E-state index contributed by atoms with van der Waals surface area (Å²) in [6.45, 7) is 2.00. The standard InChI is InChI=1S/C38H33F3N6O4/c1-2-24-27(40)7-6-20-11-23(48)12-25(31(20)24)26-13-29-32-34(33(26)41)44-37(50-19-38-8-4-10-46(38)16-22(39)14-38)45-36(32)47(28-17-49-18-30(28)51-29)15-21-5-3-9-43-35(21)42/h1,3,5-7,9,11-13,22,28,30,48H,4,8,10,14-19H2,(H2,42,43)/t22-,28?,30?,38+/m1/s1. The summed E-state index contributed by atoms with van der Waals surface area (Å²) in [4.78, 5) is 17.9. The van der Waals surface area contributed by atoms with Gasteiger partial charge in [0.15, 0.2) is 5.82 Å². The average molecular weight is 695 g/mol. The van der Waals surface area contributed by atoms with Gasteiger partial charge in [-0.05, 0) is 60.7 Å². The van der Waals surface area contributed by atoms with E-state index < -0.39 is 29.4 Å². The van der Waals surface area contributed by atoms with Gasteiger partial charge in [0.2, 0.25) is 0 Å². The molecule has 0 radical (unpaired) electrons. The number of anilines is 2. The molecule has 6 heterocycles. The highest BCUT2D eigenvalue weighted by Gasteiger charge is 2.49. The van der Waals surface area contributed by atoms with Gasteiger partial charge in [-0.1, -0.05) is 18.1 Å². The molecule has 2 aromatic heterocycles. The van der Waals surface area contributed by atoms with Gasteiger partial charge in [-0.25, -0.2) is 18.2 Å². The second kappa shape index (κ2) is 11.9. The van der Waals surface area contributed by atoms with E-state index in [4.69, 9.17) is 31.4 Å². The number of benzene rings is 3. The van der Waals surface area contributed by atoms with Gasteiger partial charge in [-0.15, -0.1) is 6.42 Å². The first-order chi connectivity index (χ1) is 24.7. The SMILES string of the molecule is C#Cc1c(F)ccc2cc(O)cc(-c3cc4c5c(nc(OC[C@@]67CCCN6C[C@H](F)C7)nc5c3F)N(Cc3cccnc3N)C3COCC3O4)c12. The molecule has 4 aliphatic rings. The maximum atomic E-state index is 17.3. The number of nitrogens with zero attached hydrogens (tertiary/aromatic N) is 5. The molecule has 9 rings (SSSR count). The molecule has 4 aliphatic heterocycles. The number of halogens is 3. The van der Waals surface area contributed by atoms with Gasteiger partial charge in [0.25, 0.3) is 0 Å². The van der Waals surface area contributed by atoms with Crippen LogP contribution in [0.5, 0.6) is 17.5 Å². The third-order valence-electron chi connectivity index (χ3n) is 10.8. The van der Waals surface area contributed by atoms with Crippen molar-refractivity contribution in [1.29, 1.82) is 0 Å². The first kappa shape index (κ1) is 31.6. The Morgan fingerprint density at radius 2 is 2.00 bits per heavy atom. The third kappa shape index (κ3) is 5.07. The number of nitrogens with two attached hydrogens (primary N) is 1. The summed E-state index contributed by atoms with van der Waals surface area (Å²) in [7, 11) is 0. The highest BCUT2D eigenvalue weighted by Crippen LogP contribution is 2.47. The Morgan fingerprint density at radius 1 is 1.12 bits per heavy atom. The van der Waals surface area contributed by atoms with Gasteiger partial charge in [0.05, 0.1) is 35.7 Å². The number of alkyl halides is 1. The molecule has 3 fully saturated rings. The summed E-state index contributed by atoms with van der Waals surface area (Å²) in [5.41, 5.74) is 6.45. The molecular formula is C38H33F3N6O4. The van der Waals surface area contributed by atoms with Crippen LogP contribution in [0.2, 0.25) is 0 Å². The molecule has 51 heavy (non-hydrogen) atoms. The Kier molecular flexibility index (Phi) is 7.38. The highest BCUT2D eigenvalue weighted by molar-refractivity contribution is 6.06. The fourth-order valence-corrected chi connectivity index (χ4v) is 8.40. The Hall–Kier alpha value is -5.32. The number of aromatic nitrogens is 3. The lowest BCUT2D eigenvalue weighted by Gasteiger charge is -2.32. The van der Waals surface area contributed by atoms with Crippen LogP contribution >= 0.6 is 0 Å². The van der Waals surface area contributed by atoms with E-state index in [0.717, 1.165) is 19.4 Å². The number of phenols is 1. The normalized spacial score (nSPS) is 24.0. The van der Waals surface area contributed by atoms with Crippen molar-refractivity contribution in [2.24, 2.45) is 0 Å². The van der Waals surface area contributed by atoms with Crippen molar-refractivity contribution in [3.8, 4) is 41.0 Å². The van der Waals surface area contributed by atoms with E-state index in [1.54, 1.807) is 12.3 Å². The van der Waals surface area contributed by atoms with Gasteiger partial charge in [0.1, 0.15) is 53.4 Å². The molecule has 10 nitrogen and oxygen atoms in total. The van der Waals surface area contributed by atoms with Crippen molar-refractivity contribution in [3.05, 3.63) is 71.4 Å². The first-order valence-corrected chi connectivity index (χ1v) is 16.9. The van der Waals surface area contributed by atoms with E-state index in [1.807, 2.05) is 11.0 Å². The van der Waals surface area contributed by atoms with E-state index in [2.05, 4.69) is 20.8 Å². The van der Waals surface area contributed by atoms with Gasteiger partial charge in [0, 0.05) is 42.2 Å². The van der Waals surface area contributed by atoms with E-state index in [9.17, 15) is 9.50 Å². The number of pyridine rings is 1. The monoisotopic (exact) mass is 694 g/mol. The number of hydrogen-bond acceptors (Lipinski definition) is 10. The number of terminal acetylenes is 1. The van der Waals surface area contributed by atoms with E-state index in [1.165, 1.54) is 30.3 Å². The van der Waals surface area contributed by atoms with Crippen LogP contribution in [0.3, 0.4) is 0 Å². The minimum Gasteiger partial charge on any atom is -0.508 e. The summed E-state index contributed by atoms with van der Waals surface area (Å²) in [6.07, 6.45) is 7.90. The van der Waals surface area contributed by atoms with Crippen LogP contribution in [0.4, 0.5) is 24.8 Å². The number of nitrogen functional groups attached to an aromatic ring is 1. The van der Waals surface area contributed by atoms with Crippen LogP contribution in [0.25, 0.3) is 32.8 Å². The van der Waals surface area contributed by atoms with Crippen LogP contribution in [-0.2, 0) is 11.3 Å². The zero-order valence-electron chi connectivity index (χ0n) is 27.4. The number of ether oxygens (including phenoxy) is 3. The number of rotatable bonds is 6. The zero-order chi connectivity index (χ0) is 35.0. The summed E-state index contributed by atoms with van der Waals surface area (Å²) in [5, 5.41) is 11.7. The van der Waals surface area contributed by atoms with Crippen LogP contribution in [-0.4, -0.2) is 81.7 Å². The lowest BCUT2D eigenvalue weighted by atomic mass is 9.92. The van der Waals surface area contributed by atoms with Crippen LogP contribution in [0.15, 0.2) is 48.7 Å². The number of hydrogen-bond donors (Lipinski definition) is 2. The van der Waals surface area contributed by atoms with Gasteiger partial charge < -0.3 is 30.0 Å². The Labute approximate surface area is 291 Å². The lowest BCUT2D eigenvalue weighted by molar-refractivity contribution is 0.107. The minimum absolute atomic E-state index is 0.0202. The summed E-state index contributed by atoms with van der Waals surface area (Å²) in [5.74, 6) is 1.72. The molecule has 0 amide bonds. The Morgan fingerprint density at radius 3 is 2.84 bits per heavy atom. The van der Waals surface area contributed by atoms with Crippen molar-refractivity contribution in [1.82, 2.24) is 19.9 Å². The Balaban J connectivity index is 1.27. The molecule has 3 N–H and O–H groups in total. The van der Waals surface area contributed by atoms with Gasteiger partial charge in [-0.2, -0.15) is 9.97 Å². The molecule has 0 spiro atoms. The molecule has 13 heteroatoms. The zero-order valence-corrected chi connectivity index (χ0v) is 27.4. The molecule has 2 unspecified atom stereocenters. The first-order valence-electron chi connectivity index (χ1n) is 16.9. The van der Waals surface area contributed by atoms with Crippen molar-refractivity contribution in [3.63, 3.8) is 0 Å². The summed E-state index contributed by atoms with van der Waals surface area (Å²) >= 11 is 0. The molecule has 4 atom stereocenters. The van der Waals surface area contributed by atoms with E-state index >= 15 is 8.78 Å². The summed E-state index contributed by atoms with van der Waals surface area (Å²) in [6, 6.07) is 10.2. The van der Waals surface area contributed by atoms with Crippen molar-refractivity contribution >= 4 is 33.3 Å². The minimum atomic E-state index is -0.967. The second-order valence-electron chi connectivity index (χ2n) is 13.7. The molecule has 0 bridgehead atoms. The number of fused-ring (bicyclic) bond motifs is 3. The molecule has 5 aromatic rings. The largest absolute Gasteiger partial charge is 0.508 e. The third-order valence-corrected chi connectivity index (χ3v) is 10.8. The highest BCUT2D eigenvalue weighted by atomic mass is 19.1. The molecule has 0 saturated carbocycles. The van der Waals surface area contributed by atoms with Crippen LogP contribution in [0, 0.1) is 24.0 Å². The second-order valence-corrected chi connectivity index (χ2v) is 13.7. The molecule has 3 saturated heterocycles. The molecule has 260 valence electrons. The van der Waals surface area contributed by atoms with Gasteiger partial charge >= 0.3 is 6.01 Å². The maximum Gasteiger partial charge on any atom is 0.319 e. The Bertz CT molecular complexity index is 2280. The van der Waals surface area contributed by atoms with Crippen molar-refractivity contribution in [2.45, 2.75) is 49.7 Å². The topological polar surface area (TPSA) is 119 Å². The average Bonchev–Trinajstić information content (AvgIpc) is 3.80. The van der Waals surface area contributed by atoms with Crippen molar-refractivity contribution < 1.29 is 32.5 Å². The fraction of sp³-hybridized carbons (Fsp3) is 0.342. The number of phenolic OH excluding ortho intramolecular Hbond substituents is 1. The van der Waals surface area contributed by atoms with Crippen LogP contribution < -0.4 is 20.1 Å². The van der Waals surface area contributed by atoms with Crippen LogP contribution in [0.1, 0.15) is 30.4 Å². The quantitative estimate of drug-likeness (QED) is 0.220.